The number of aliphatic hydroxyl groups is 2. The molecule has 0 saturated heterocycles. The van der Waals surface area contributed by atoms with Gasteiger partial charge in [0.1, 0.15) is 0 Å². The standard InChI is InChI=1S/C23H39NO3/c1-2-3-4-5-6-7-8-9-10-11-12-13-14-15-16-17-18-19-23(27)24-22(20-25)21-26/h6-7,9-10,12-13,15-16,22,25-26H,2-5,8,11,14,17-21H2,1H3,(H,24,27). The highest BCUT2D eigenvalue weighted by molar-refractivity contribution is 5.76. The summed E-state index contributed by atoms with van der Waals surface area (Å²) in [7, 11) is 0. The average molecular weight is 378 g/mol. The normalized spacial score (nSPS) is 12.4. The lowest BCUT2D eigenvalue weighted by Gasteiger charge is -2.12. The molecule has 4 heteroatoms. The fraction of sp³-hybridized carbons (Fsp3) is 0.609. The number of rotatable bonds is 17. The second kappa shape index (κ2) is 20.7. The van der Waals surface area contributed by atoms with Crippen molar-refractivity contribution in [1.29, 1.82) is 0 Å². The SMILES string of the molecule is CCCCCC=CCC=CCC=CCC=CCCCC(=O)NC(CO)CO. The van der Waals surface area contributed by atoms with E-state index in [0.717, 1.165) is 32.1 Å². The highest BCUT2D eigenvalue weighted by Crippen LogP contribution is 2.01. The minimum atomic E-state index is -0.547. The van der Waals surface area contributed by atoms with E-state index in [1.165, 1.54) is 25.7 Å². The van der Waals surface area contributed by atoms with E-state index in [1.54, 1.807) is 0 Å². The second-order valence-corrected chi connectivity index (χ2v) is 6.61. The number of hydrogen-bond acceptors (Lipinski definition) is 3. The predicted octanol–water partition coefficient (Wildman–Crippen LogP) is 4.60. The highest BCUT2D eigenvalue weighted by atomic mass is 16.3. The lowest BCUT2D eigenvalue weighted by molar-refractivity contribution is -0.122. The third kappa shape index (κ3) is 18.9. The summed E-state index contributed by atoms with van der Waals surface area (Å²) in [5, 5.41) is 20.4. The van der Waals surface area contributed by atoms with E-state index < -0.39 is 6.04 Å². The van der Waals surface area contributed by atoms with Crippen LogP contribution >= 0.6 is 0 Å². The molecule has 0 aliphatic rings. The van der Waals surface area contributed by atoms with Gasteiger partial charge in [0.05, 0.1) is 19.3 Å². The minimum absolute atomic E-state index is 0.126. The number of allylic oxidation sites excluding steroid dienone is 8. The van der Waals surface area contributed by atoms with Gasteiger partial charge in [-0.3, -0.25) is 4.79 Å². The van der Waals surface area contributed by atoms with Crippen molar-refractivity contribution in [2.75, 3.05) is 13.2 Å². The largest absolute Gasteiger partial charge is 0.394 e. The first kappa shape index (κ1) is 25.4. The molecule has 154 valence electrons. The van der Waals surface area contributed by atoms with Gasteiger partial charge in [0.25, 0.3) is 0 Å². The van der Waals surface area contributed by atoms with Crippen LogP contribution in [0.5, 0.6) is 0 Å². The van der Waals surface area contributed by atoms with E-state index in [9.17, 15) is 4.79 Å². The van der Waals surface area contributed by atoms with Crippen molar-refractivity contribution in [3.05, 3.63) is 48.6 Å². The maximum absolute atomic E-state index is 11.6. The van der Waals surface area contributed by atoms with Gasteiger partial charge in [0.2, 0.25) is 5.91 Å². The molecule has 0 aromatic carbocycles. The third-order valence-electron chi connectivity index (χ3n) is 4.04. The monoisotopic (exact) mass is 377 g/mol. The molecule has 27 heavy (non-hydrogen) atoms. The van der Waals surface area contributed by atoms with E-state index >= 15 is 0 Å². The van der Waals surface area contributed by atoms with Gasteiger partial charge < -0.3 is 15.5 Å². The Morgan fingerprint density at radius 3 is 1.74 bits per heavy atom. The predicted molar refractivity (Wildman–Crippen MR) is 115 cm³/mol. The number of hydrogen-bond donors (Lipinski definition) is 3. The van der Waals surface area contributed by atoms with Crippen LogP contribution in [-0.2, 0) is 4.79 Å². The summed E-state index contributed by atoms with van der Waals surface area (Å²) in [5.74, 6) is -0.126. The first-order valence-electron chi connectivity index (χ1n) is 10.4. The topological polar surface area (TPSA) is 69.6 Å². The molecule has 0 atom stereocenters. The zero-order chi connectivity index (χ0) is 20.0. The number of nitrogens with one attached hydrogen (secondary N) is 1. The lowest BCUT2D eigenvalue weighted by atomic mass is 10.2. The average Bonchev–Trinajstić information content (AvgIpc) is 2.68. The number of aliphatic hydroxyl groups excluding tert-OH is 2. The van der Waals surface area contributed by atoms with Crippen molar-refractivity contribution in [1.82, 2.24) is 5.32 Å². The van der Waals surface area contributed by atoms with Gasteiger partial charge >= 0.3 is 0 Å². The Kier molecular flexibility index (Phi) is 19.4. The van der Waals surface area contributed by atoms with Gasteiger partial charge in [0.15, 0.2) is 0 Å². The molecule has 1 amide bonds. The van der Waals surface area contributed by atoms with E-state index in [1.807, 2.05) is 0 Å². The smallest absolute Gasteiger partial charge is 0.220 e. The van der Waals surface area contributed by atoms with Crippen molar-refractivity contribution in [3.8, 4) is 0 Å². The van der Waals surface area contributed by atoms with Gasteiger partial charge in [-0.1, -0.05) is 68.4 Å². The van der Waals surface area contributed by atoms with Crippen molar-refractivity contribution in [3.63, 3.8) is 0 Å². The number of carbonyl (C=O) groups excluding carboxylic acids is 1. The fourth-order valence-corrected chi connectivity index (χ4v) is 2.39. The van der Waals surface area contributed by atoms with Gasteiger partial charge in [-0.05, 0) is 44.9 Å². The highest BCUT2D eigenvalue weighted by Gasteiger charge is 2.08. The molecule has 0 heterocycles. The molecule has 0 radical (unpaired) electrons. The van der Waals surface area contributed by atoms with Crippen molar-refractivity contribution in [2.24, 2.45) is 0 Å². The summed E-state index contributed by atoms with van der Waals surface area (Å²) in [6.45, 7) is 1.76. The van der Waals surface area contributed by atoms with Gasteiger partial charge in [-0.25, -0.2) is 0 Å². The summed E-state index contributed by atoms with van der Waals surface area (Å²) in [4.78, 5) is 11.6. The van der Waals surface area contributed by atoms with Crippen molar-refractivity contribution >= 4 is 5.91 Å². The zero-order valence-corrected chi connectivity index (χ0v) is 17.0. The van der Waals surface area contributed by atoms with Crippen LogP contribution in [-0.4, -0.2) is 35.4 Å². The number of unbranched alkanes of at least 4 members (excludes halogenated alkanes) is 4. The Bertz CT molecular complexity index is 449. The zero-order valence-electron chi connectivity index (χ0n) is 17.0. The van der Waals surface area contributed by atoms with Gasteiger partial charge in [-0.2, -0.15) is 0 Å². The molecule has 3 N–H and O–H groups in total. The Balaban J connectivity index is 3.55. The molecule has 0 spiro atoms. The van der Waals surface area contributed by atoms with Crippen LogP contribution in [0.4, 0.5) is 0 Å². The summed E-state index contributed by atoms with van der Waals surface area (Å²) < 4.78 is 0. The molecule has 0 aliphatic heterocycles. The molecule has 0 unspecified atom stereocenters. The van der Waals surface area contributed by atoms with Crippen molar-refractivity contribution in [2.45, 2.75) is 77.2 Å². The molecule has 4 nitrogen and oxygen atoms in total. The minimum Gasteiger partial charge on any atom is -0.394 e. The molecule has 0 rings (SSSR count). The summed E-state index contributed by atoms with van der Waals surface area (Å²) in [6, 6.07) is -0.547. The molecule has 0 aromatic heterocycles. The first-order chi connectivity index (χ1) is 13.2. The third-order valence-corrected chi connectivity index (χ3v) is 4.04. The Morgan fingerprint density at radius 1 is 0.778 bits per heavy atom. The number of carbonyl (C=O) groups is 1. The molecule has 0 aliphatic carbocycles. The first-order valence-corrected chi connectivity index (χ1v) is 10.4. The summed E-state index contributed by atoms with van der Waals surface area (Å²) in [5.41, 5.74) is 0. The van der Waals surface area contributed by atoms with Crippen LogP contribution in [0.3, 0.4) is 0 Å². The quantitative estimate of drug-likeness (QED) is 0.256. The molecular formula is C23H39NO3. The van der Waals surface area contributed by atoms with Crippen LogP contribution in [0.2, 0.25) is 0 Å². The second-order valence-electron chi connectivity index (χ2n) is 6.61. The maximum atomic E-state index is 11.6. The molecule has 0 saturated carbocycles. The van der Waals surface area contributed by atoms with Crippen LogP contribution < -0.4 is 5.32 Å². The van der Waals surface area contributed by atoms with Crippen molar-refractivity contribution < 1.29 is 15.0 Å². The van der Waals surface area contributed by atoms with E-state index in [-0.39, 0.29) is 19.1 Å². The van der Waals surface area contributed by atoms with Crippen LogP contribution in [0, 0.1) is 0 Å². The summed E-state index contributed by atoms with van der Waals surface area (Å²) >= 11 is 0. The van der Waals surface area contributed by atoms with Crippen LogP contribution in [0.25, 0.3) is 0 Å². The lowest BCUT2D eigenvalue weighted by Crippen LogP contribution is -2.39. The molecular weight excluding hydrogens is 338 g/mol. The maximum Gasteiger partial charge on any atom is 0.220 e. The molecule has 0 fully saturated rings. The van der Waals surface area contributed by atoms with Gasteiger partial charge in [0, 0.05) is 6.42 Å². The Labute approximate surface area is 165 Å². The van der Waals surface area contributed by atoms with Crippen LogP contribution in [0.1, 0.15) is 71.1 Å². The number of amides is 1. The van der Waals surface area contributed by atoms with Crippen LogP contribution in [0.15, 0.2) is 48.6 Å². The van der Waals surface area contributed by atoms with E-state index in [0.29, 0.717) is 6.42 Å². The fourth-order valence-electron chi connectivity index (χ4n) is 2.39. The summed E-state index contributed by atoms with van der Waals surface area (Å²) in [6.07, 6.45) is 27.5. The molecule has 0 bridgehead atoms. The molecule has 0 aromatic rings. The Morgan fingerprint density at radius 2 is 1.26 bits per heavy atom. The van der Waals surface area contributed by atoms with Gasteiger partial charge in [-0.15, -0.1) is 0 Å². The van der Waals surface area contributed by atoms with E-state index in [4.69, 9.17) is 10.2 Å². The van der Waals surface area contributed by atoms with E-state index in [2.05, 4.69) is 60.8 Å². The Hall–Kier alpha value is -1.65.